The SMILES string of the molecule is CN(CCCc1ccc(CN(C=O)OC(C)(C)C)cc1)CCNC(=O)c1cc2ccccc2o1. The van der Waals surface area contributed by atoms with E-state index in [1.54, 1.807) is 6.07 Å². The average Bonchev–Trinajstić information content (AvgIpc) is 3.23. The Hall–Kier alpha value is -3.16. The fourth-order valence-electron chi connectivity index (χ4n) is 3.64. The van der Waals surface area contributed by atoms with Crippen LogP contribution in [0.3, 0.4) is 0 Å². The third-order valence-electron chi connectivity index (χ3n) is 5.30. The number of furan rings is 1. The van der Waals surface area contributed by atoms with Gasteiger partial charge in [0.05, 0.1) is 12.1 Å². The number of fused-ring (bicyclic) bond motifs is 1. The van der Waals surface area contributed by atoms with Gasteiger partial charge in [0.15, 0.2) is 5.76 Å². The summed E-state index contributed by atoms with van der Waals surface area (Å²) in [5.74, 6) is 0.152. The molecule has 7 heteroatoms. The second kappa shape index (κ2) is 11.8. The number of aryl methyl sites for hydroxylation is 1. The highest BCUT2D eigenvalue weighted by atomic mass is 16.7. The zero-order valence-corrected chi connectivity index (χ0v) is 20.5. The molecule has 0 saturated carbocycles. The normalized spacial score (nSPS) is 11.7. The molecule has 1 N–H and O–H groups in total. The lowest BCUT2D eigenvalue weighted by Crippen LogP contribution is -2.33. The van der Waals surface area contributed by atoms with E-state index < -0.39 is 5.60 Å². The highest BCUT2D eigenvalue weighted by Crippen LogP contribution is 2.18. The van der Waals surface area contributed by atoms with Crippen molar-refractivity contribution in [2.75, 3.05) is 26.7 Å². The smallest absolute Gasteiger partial charge is 0.287 e. The van der Waals surface area contributed by atoms with E-state index in [0.29, 0.717) is 25.3 Å². The van der Waals surface area contributed by atoms with Crippen molar-refractivity contribution in [2.45, 2.75) is 45.8 Å². The maximum absolute atomic E-state index is 12.3. The fraction of sp³-hybridized carbons (Fsp3) is 0.407. The molecule has 0 aliphatic heterocycles. The number of carbonyl (C=O) groups excluding carboxylic acids is 2. The molecule has 0 unspecified atom stereocenters. The van der Waals surface area contributed by atoms with E-state index in [1.165, 1.54) is 10.6 Å². The Labute approximate surface area is 201 Å². The molecule has 0 aliphatic rings. The number of likely N-dealkylation sites (N-methyl/N-ethyl adjacent to an activating group) is 1. The van der Waals surface area contributed by atoms with Crippen LogP contribution in [0.1, 0.15) is 48.9 Å². The Bertz CT molecular complexity index is 1040. The maximum Gasteiger partial charge on any atom is 0.287 e. The van der Waals surface area contributed by atoms with Crippen LogP contribution in [0.5, 0.6) is 0 Å². The number of carbonyl (C=O) groups is 2. The van der Waals surface area contributed by atoms with Gasteiger partial charge in [-0.15, -0.1) is 0 Å². The van der Waals surface area contributed by atoms with Crippen molar-refractivity contribution in [1.82, 2.24) is 15.3 Å². The lowest BCUT2D eigenvalue weighted by molar-refractivity contribution is -0.220. The topological polar surface area (TPSA) is 75.0 Å². The maximum atomic E-state index is 12.3. The minimum absolute atomic E-state index is 0.189. The van der Waals surface area contributed by atoms with E-state index in [4.69, 9.17) is 9.25 Å². The molecule has 0 saturated heterocycles. The van der Waals surface area contributed by atoms with Crippen molar-refractivity contribution in [1.29, 1.82) is 0 Å². The number of nitrogens with one attached hydrogen (secondary N) is 1. The molecule has 0 aliphatic carbocycles. The van der Waals surface area contributed by atoms with Gasteiger partial charge < -0.3 is 14.6 Å². The van der Waals surface area contributed by atoms with Crippen molar-refractivity contribution in [3.8, 4) is 0 Å². The number of para-hydroxylation sites is 1. The molecule has 0 bridgehead atoms. The van der Waals surface area contributed by atoms with E-state index in [0.717, 1.165) is 42.5 Å². The summed E-state index contributed by atoms with van der Waals surface area (Å²) in [7, 11) is 2.06. The van der Waals surface area contributed by atoms with Crippen molar-refractivity contribution in [3.63, 3.8) is 0 Å². The molecule has 3 rings (SSSR count). The molecule has 182 valence electrons. The molecule has 0 spiro atoms. The second-order valence-electron chi connectivity index (χ2n) is 9.51. The van der Waals surface area contributed by atoms with Gasteiger partial charge in [0.25, 0.3) is 5.91 Å². The van der Waals surface area contributed by atoms with Crippen LogP contribution in [0.15, 0.2) is 59.0 Å². The summed E-state index contributed by atoms with van der Waals surface area (Å²) >= 11 is 0. The predicted molar refractivity (Wildman–Crippen MR) is 133 cm³/mol. The molecule has 34 heavy (non-hydrogen) atoms. The third kappa shape index (κ3) is 8.01. The zero-order chi connectivity index (χ0) is 24.6. The number of rotatable bonds is 12. The van der Waals surface area contributed by atoms with Gasteiger partial charge in [0, 0.05) is 18.5 Å². The van der Waals surface area contributed by atoms with Gasteiger partial charge in [0.2, 0.25) is 6.41 Å². The fourth-order valence-corrected chi connectivity index (χ4v) is 3.64. The summed E-state index contributed by atoms with van der Waals surface area (Å²) in [5, 5.41) is 5.18. The molecular weight excluding hydrogens is 430 g/mol. The van der Waals surface area contributed by atoms with Crippen LogP contribution in [0.25, 0.3) is 11.0 Å². The number of hydrogen-bond acceptors (Lipinski definition) is 5. The number of hydrogen-bond donors (Lipinski definition) is 1. The van der Waals surface area contributed by atoms with Gasteiger partial charge >= 0.3 is 0 Å². The molecule has 1 aromatic heterocycles. The van der Waals surface area contributed by atoms with Crippen LogP contribution in [0, 0.1) is 0 Å². The molecule has 2 amide bonds. The first-order valence-electron chi connectivity index (χ1n) is 11.7. The summed E-state index contributed by atoms with van der Waals surface area (Å²) in [6.45, 7) is 8.42. The molecule has 0 radical (unpaired) electrons. The van der Waals surface area contributed by atoms with Gasteiger partial charge in [-0.3, -0.25) is 14.4 Å². The molecule has 2 aromatic carbocycles. The monoisotopic (exact) mass is 465 g/mol. The lowest BCUT2D eigenvalue weighted by Gasteiger charge is -2.26. The standard InChI is InChI=1S/C27H35N3O4/c1-27(2,3)34-30(20-31)19-22-13-11-21(12-14-22)8-7-16-29(4)17-15-28-26(32)25-18-23-9-5-6-10-24(23)33-25/h5-6,9-14,18,20H,7-8,15-17,19H2,1-4H3,(H,28,32). The highest BCUT2D eigenvalue weighted by Gasteiger charge is 2.16. The quantitative estimate of drug-likeness (QED) is 0.317. The summed E-state index contributed by atoms with van der Waals surface area (Å²) < 4.78 is 5.61. The third-order valence-corrected chi connectivity index (χ3v) is 5.30. The van der Waals surface area contributed by atoms with Crippen molar-refractivity contribution in [3.05, 3.63) is 71.5 Å². The Kier molecular flexibility index (Phi) is 8.85. The first kappa shape index (κ1) is 25.5. The van der Waals surface area contributed by atoms with Gasteiger partial charge in [-0.2, -0.15) is 0 Å². The minimum Gasteiger partial charge on any atom is -0.451 e. The largest absolute Gasteiger partial charge is 0.451 e. The van der Waals surface area contributed by atoms with Gasteiger partial charge in [0.1, 0.15) is 5.58 Å². The Morgan fingerprint density at radius 3 is 2.44 bits per heavy atom. The van der Waals surface area contributed by atoms with Crippen LogP contribution in [-0.2, 0) is 22.6 Å². The summed E-state index contributed by atoms with van der Waals surface area (Å²) in [6.07, 6.45) is 2.70. The summed E-state index contributed by atoms with van der Waals surface area (Å²) in [6, 6.07) is 17.6. The number of hydroxylamine groups is 2. The average molecular weight is 466 g/mol. The Morgan fingerprint density at radius 2 is 1.76 bits per heavy atom. The molecule has 3 aromatic rings. The van der Waals surface area contributed by atoms with Crippen LogP contribution >= 0.6 is 0 Å². The van der Waals surface area contributed by atoms with Crippen LogP contribution < -0.4 is 5.32 Å². The van der Waals surface area contributed by atoms with Crippen LogP contribution in [0.2, 0.25) is 0 Å². The second-order valence-corrected chi connectivity index (χ2v) is 9.51. The van der Waals surface area contributed by atoms with E-state index in [1.807, 2.05) is 57.2 Å². The number of benzene rings is 2. The lowest BCUT2D eigenvalue weighted by atomic mass is 10.1. The number of nitrogens with zero attached hydrogens (tertiary/aromatic N) is 2. The minimum atomic E-state index is -0.414. The van der Waals surface area contributed by atoms with Gasteiger partial charge in [-0.1, -0.05) is 42.5 Å². The molecule has 7 nitrogen and oxygen atoms in total. The Balaban J connectivity index is 1.34. The first-order valence-corrected chi connectivity index (χ1v) is 11.7. The van der Waals surface area contributed by atoms with Gasteiger partial charge in [-0.25, -0.2) is 5.06 Å². The predicted octanol–water partition coefficient (Wildman–Crippen LogP) is 4.42. The van der Waals surface area contributed by atoms with E-state index in [2.05, 4.69) is 29.4 Å². The Morgan fingerprint density at radius 1 is 1.06 bits per heavy atom. The first-order chi connectivity index (χ1) is 16.2. The van der Waals surface area contributed by atoms with E-state index >= 15 is 0 Å². The van der Waals surface area contributed by atoms with Crippen molar-refractivity contribution < 1.29 is 18.8 Å². The molecule has 0 atom stereocenters. The molecule has 0 fully saturated rings. The van der Waals surface area contributed by atoms with Crippen LogP contribution in [-0.4, -0.2) is 54.6 Å². The summed E-state index contributed by atoms with van der Waals surface area (Å²) in [5.41, 5.74) is 2.59. The number of amides is 2. The zero-order valence-electron chi connectivity index (χ0n) is 20.5. The van der Waals surface area contributed by atoms with Gasteiger partial charge in [-0.05, 0) is 70.5 Å². The van der Waals surface area contributed by atoms with E-state index in [-0.39, 0.29) is 5.91 Å². The van der Waals surface area contributed by atoms with E-state index in [9.17, 15) is 9.59 Å². The summed E-state index contributed by atoms with van der Waals surface area (Å²) in [4.78, 5) is 31.4. The molecular formula is C27H35N3O4. The highest BCUT2D eigenvalue weighted by molar-refractivity contribution is 5.96. The van der Waals surface area contributed by atoms with Crippen LogP contribution in [0.4, 0.5) is 0 Å². The molecule has 1 heterocycles. The van der Waals surface area contributed by atoms with Crippen molar-refractivity contribution >= 4 is 23.3 Å². The van der Waals surface area contributed by atoms with Crippen molar-refractivity contribution in [2.24, 2.45) is 0 Å².